The van der Waals surface area contributed by atoms with Crippen LogP contribution in [0.15, 0.2) is 24.4 Å². The molecule has 0 amide bonds. The molecule has 1 aromatic carbocycles. The van der Waals surface area contributed by atoms with Crippen LogP contribution in [0.2, 0.25) is 5.02 Å². The summed E-state index contributed by atoms with van der Waals surface area (Å²) in [5.41, 5.74) is 0.310. The van der Waals surface area contributed by atoms with Crippen LogP contribution >= 0.6 is 11.6 Å². The summed E-state index contributed by atoms with van der Waals surface area (Å²) >= 11 is 5.87. The zero-order valence-corrected chi connectivity index (χ0v) is 11.5. The number of nitro groups is 1. The largest absolute Gasteiger partial charge is 0.357 e. The average Bonchev–Trinajstić information content (AvgIpc) is 2.47. The van der Waals surface area contributed by atoms with Gasteiger partial charge in [0.25, 0.3) is 0 Å². The molecule has 106 valence electrons. The zero-order chi connectivity index (χ0) is 15.4. The van der Waals surface area contributed by atoms with E-state index < -0.39 is 4.92 Å². The second-order valence-electron chi connectivity index (χ2n) is 3.86. The van der Waals surface area contributed by atoms with E-state index >= 15 is 0 Å². The Kier molecular flexibility index (Phi) is 4.15. The number of nitrogens with one attached hydrogen (secondary N) is 2. The van der Waals surface area contributed by atoms with Gasteiger partial charge in [0, 0.05) is 12.1 Å². The van der Waals surface area contributed by atoms with Crippen LogP contribution in [0.4, 0.5) is 23.1 Å². The number of rotatable bonds is 4. The SMILES string of the molecule is CNc1ncc([N+](=O)[O-])c(Nc2cc(Cl)ccc2C#N)n1. The lowest BCUT2D eigenvalue weighted by atomic mass is 10.2. The maximum atomic E-state index is 11.0. The fraction of sp³-hybridized carbons (Fsp3) is 0.0833. The molecule has 9 heteroatoms. The standard InChI is InChI=1S/C12H9ClN6O2/c1-15-12-16-6-10(19(20)21)11(18-12)17-9-4-8(13)3-2-7(9)5-14/h2-4,6H,1H3,(H2,15,16,17,18). The molecule has 2 aromatic rings. The average molecular weight is 305 g/mol. The van der Waals surface area contributed by atoms with Crippen LogP contribution < -0.4 is 10.6 Å². The minimum absolute atomic E-state index is 0.0295. The van der Waals surface area contributed by atoms with E-state index in [0.29, 0.717) is 16.3 Å². The lowest BCUT2D eigenvalue weighted by Crippen LogP contribution is -2.05. The van der Waals surface area contributed by atoms with Gasteiger partial charge in [-0.2, -0.15) is 10.2 Å². The second kappa shape index (κ2) is 6.02. The molecule has 0 aliphatic heterocycles. The summed E-state index contributed by atoms with van der Waals surface area (Å²) < 4.78 is 0. The molecule has 2 rings (SSSR count). The highest BCUT2D eigenvalue weighted by Gasteiger charge is 2.18. The highest BCUT2D eigenvalue weighted by molar-refractivity contribution is 6.30. The van der Waals surface area contributed by atoms with Crippen molar-refractivity contribution in [3.63, 3.8) is 0 Å². The molecule has 0 atom stereocenters. The van der Waals surface area contributed by atoms with E-state index in [1.807, 2.05) is 6.07 Å². The Morgan fingerprint density at radius 1 is 1.48 bits per heavy atom. The molecule has 0 fully saturated rings. The molecule has 0 saturated heterocycles. The Hall–Kier alpha value is -2.92. The van der Waals surface area contributed by atoms with Crippen molar-refractivity contribution in [2.24, 2.45) is 0 Å². The smallest absolute Gasteiger partial charge is 0.329 e. The van der Waals surface area contributed by atoms with Crippen molar-refractivity contribution in [3.8, 4) is 6.07 Å². The molecule has 0 spiro atoms. The van der Waals surface area contributed by atoms with E-state index in [-0.39, 0.29) is 17.5 Å². The number of nitriles is 1. The first-order chi connectivity index (χ1) is 10.0. The number of benzene rings is 1. The Morgan fingerprint density at radius 3 is 2.86 bits per heavy atom. The quantitative estimate of drug-likeness (QED) is 0.658. The number of nitrogens with zero attached hydrogens (tertiary/aromatic N) is 4. The maximum absolute atomic E-state index is 11.0. The lowest BCUT2D eigenvalue weighted by molar-refractivity contribution is -0.384. The number of anilines is 3. The number of hydrogen-bond acceptors (Lipinski definition) is 7. The van der Waals surface area contributed by atoms with Gasteiger partial charge in [0.1, 0.15) is 12.3 Å². The third-order valence-electron chi connectivity index (χ3n) is 2.54. The normalized spacial score (nSPS) is 9.76. The summed E-state index contributed by atoms with van der Waals surface area (Å²) in [5.74, 6) is 0.182. The Labute approximate surface area is 124 Å². The first kappa shape index (κ1) is 14.5. The summed E-state index contributed by atoms with van der Waals surface area (Å²) in [5, 5.41) is 25.9. The summed E-state index contributed by atoms with van der Waals surface area (Å²) in [6, 6.07) is 6.53. The van der Waals surface area contributed by atoms with Gasteiger partial charge in [0.05, 0.1) is 16.2 Å². The number of aromatic nitrogens is 2. The number of hydrogen-bond donors (Lipinski definition) is 2. The van der Waals surface area contributed by atoms with Gasteiger partial charge in [-0.1, -0.05) is 11.6 Å². The highest BCUT2D eigenvalue weighted by Crippen LogP contribution is 2.29. The fourth-order valence-corrected chi connectivity index (χ4v) is 1.74. The van der Waals surface area contributed by atoms with Crippen molar-refractivity contribution in [1.82, 2.24) is 9.97 Å². The topological polar surface area (TPSA) is 117 Å². The van der Waals surface area contributed by atoms with Gasteiger partial charge in [0.2, 0.25) is 11.8 Å². The van der Waals surface area contributed by atoms with Crippen LogP contribution in [0, 0.1) is 21.4 Å². The van der Waals surface area contributed by atoms with Gasteiger partial charge in [-0.25, -0.2) is 4.98 Å². The minimum atomic E-state index is -0.613. The molecule has 0 bridgehead atoms. The van der Waals surface area contributed by atoms with Gasteiger partial charge in [-0.15, -0.1) is 0 Å². The Morgan fingerprint density at radius 2 is 2.24 bits per heavy atom. The first-order valence-electron chi connectivity index (χ1n) is 5.71. The Bertz CT molecular complexity index is 743. The second-order valence-corrected chi connectivity index (χ2v) is 4.30. The van der Waals surface area contributed by atoms with Gasteiger partial charge in [0.15, 0.2) is 0 Å². The number of halogens is 1. The van der Waals surface area contributed by atoms with Gasteiger partial charge >= 0.3 is 5.69 Å². The Balaban J connectivity index is 2.50. The van der Waals surface area contributed by atoms with Crippen molar-refractivity contribution >= 4 is 34.7 Å². The van der Waals surface area contributed by atoms with Crippen LogP contribution in [0.1, 0.15) is 5.56 Å². The summed E-state index contributed by atoms with van der Waals surface area (Å²) in [6.07, 6.45) is 1.08. The molecule has 1 aromatic heterocycles. The van der Waals surface area contributed by atoms with Crippen LogP contribution in [0.5, 0.6) is 0 Å². The van der Waals surface area contributed by atoms with E-state index in [4.69, 9.17) is 16.9 Å². The minimum Gasteiger partial charge on any atom is -0.357 e. The molecule has 0 saturated carbocycles. The molecular weight excluding hydrogens is 296 g/mol. The van der Waals surface area contributed by atoms with Crippen molar-refractivity contribution in [2.75, 3.05) is 17.7 Å². The van der Waals surface area contributed by atoms with Gasteiger partial charge < -0.3 is 10.6 Å². The van der Waals surface area contributed by atoms with Crippen molar-refractivity contribution in [2.45, 2.75) is 0 Å². The molecule has 0 aliphatic carbocycles. The van der Waals surface area contributed by atoms with E-state index in [2.05, 4.69) is 20.6 Å². The lowest BCUT2D eigenvalue weighted by Gasteiger charge is -2.09. The van der Waals surface area contributed by atoms with E-state index in [9.17, 15) is 10.1 Å². The van der Waals surface area contributed by atoms with Gasteiger partial charge in [-0.05, 0) is 18.2 Å². The van der Waals surface area contributed by atoms with Crippen molar-refractivity contribution < 1.29 is 4.92 Å². The monoisotopic (exact) mass is 304 g/mol. The van der Waals surface area contributed by atoms with E-state index in [1.165, 1.54) is 12.1 Å². The summed E-state index contributed by atoms with van der Waals surface area (Å²) in [4.78, 5) is 18.2. The van der Waals surface area contributed by atoms with Crippen LogP contribution in [-0.2, 0) is 0 Å². The van der Waals surface area contributed by atoms with E-state index in [0.717, 1.165) is 6.20 Å². The molecule has 0 radical (unpaired) electrons. The summed E-state index contributed by atoms with van der Waals surface area (Å²) in [7, 11) is 1.59. The molecule has 0 aliphatic rings. The predicted octanol–water partition coefficient (Wildman–Crippen LogP) is 2.70. The third kappa shape index (κ3) is 3.16. The van der Waals surface area contributed by atoms with Crippen LogP contribution in [0.25, 0.3) is 0 Å². The van der Waals surface area contributed by atoms with Crippen molar-refractivity contribution in [1.29, 1.82) is 5.26 Å². The molecule has 1 heterocycles. The highest BCUT2D eigenvalue weighted by atomic mass is 35.5. The summed E-state index contributed by atoms with van der Waals surface area (Å²) in [6.45, 7) is 0. The maximum Gasteiger partial charge on any atom is 0.329 e. The predicted molar refractivity (Wildman–Crippen MR) is 77.7 cm³/mol. The fourth-order valence-electron chi connectivity index (χ4n) is 1.57. The zero-order valence-electron chi connectivity index (χ0n) is 10.8. The molecule has 0 unspecified atom stereocenters. The molecular formula is C12H9ClN6O2. The molecule has 8 nitrogen and oxygen atoms in total. The van der Waals surface area contributed by atoms with Crippen LogP contribution in [0.3, 0.4) is 0 Å². The third-order valence-corrected chi connectivity index (χ3v) is 2.78. The first-order valence-corrected chi connectivity index (χ1v) is 6.09. The van der Waals surface area contributed by atoms with Crippen LogP contribution in [-0.4, -0.2) is 21.9 Å². The van der Waals surface area contributed by atoms with Crippen molar-refractivity contribution in [3.05, 3.63) is 45.1 Å². The molecule has 2 N–H and O–H groups in total. The van der Waals surface area contributed by atoms with E-state index in [1.54, 1.807) is 13.1 Å². The molecule has 21 heavy (non-hydrogen) atoms. The van der Waals surface area contributed by atoms with Gasteiger partial charge in [-0.3, -0.25) is 10.1 Å².